The minimum Gasteiger partial charge on any atom is -0.506 e. The third-order valence-corrected chi connectivity index (χ3v) is 2.50. The van der Waals surface area contributed by atoms with Crippen LogP contribution in [0.2, 0.25) is 0 Å². The van der Waals surface area contributed by atoms with Crippen molar-refractivity contribution in [3.05, 3.63) is 54.7 Å². The van der Waals surface area contributed by atoms with Crippen LogP contribution >= 0.6 is 0 Å². The molecule has 0 aliphatic carbocycles. The zero-order chi connectivity index (χ0) is 12.4. The summed E-state index contributed by atoms with van der Waals surface area (Å²) in [6, 6.07) is 14.4. The first-order valence-electron chi connectivity index (χ1n) is 5.50. The number of ether oxygens (including phenoxy) is 1. The highest BCUT2D eigenvalue weighted by Crippen LogP contribution is 2.25. The van der Waals surface area contributed by atoms with E-state index in [1.165, 1.54) is 6.20 Å². The normalized spacial score (nSPS) is 10.4. The molecule has 0 bridgehead atoms. The molecule has 2 aromatic carbocycles. The van der Waals surface area contributed by atoms with Gasteiger partial charge in [-0.15, -0.1) is 0 Å². The van der Waals surface area contributed by atoms with E-state index < -0.39 is 0 Å². The minimum absolute atomic E-state index is 0.0958. The van der Waals surface area contributed by atoms with Crippen LogP contribution in [0, 0.1) is 0 Å². The van der Waals surface area contributed by atoms with Gasteiger partial charge >= 0.3 is 0 Å². The highest BCUT2D eigenvalue weighted by molar-refractivity contribution is 5.80. The van der Waals surface area contributed by atoms with Gasteiger partial charge < -0.3 is 9.84 Å². The Labute approximate surface area is 104 Å². The van der Waals surface area contributed by atoms with Crippen LogP contribution < -0.4 is 4.74 Å². The zero-order valence-corrected chi connectivity index (χ0v) is 9.45. The molecule has 4 heteroatoms. The molecule has 1 N–H and O–H groups in total. The number of fused-ring (bicyclic) bond motifs is 1. The molecule has 0 fully saturated rings. The van der Waals surface area contributed by atoms with Gasteiger partial charge in [-0.3, -0.25) is 0 Å². The van der Waals surface area contributed by atoms with E-state index in [1.807, 2.05) is 30.3 Å². The number of aromatic nitrogens is 2. The molecular weight excluding hydrogens is 228 g/mol. The smallest absolute Gasteiger partial charge is 0.238 e. The monoisotopic (exact) mass is 238 g/mol. The molecule has 88 valence electrons. The second-order valence-corrected chi connectivity index (χ2v) is 3.77. The average molecular weight is 238 g/mol. The molecule has 3 aromatic rings. The Hall–Kier alpha value is -2.62. The van der Waals surface area contributed by atoms with Gasteiger partial charge in [0.05, 0.1) is 11.7 Å². The summed E-state index contributed by atoms with van der Waals surface area (Å²) in [5.74, 6) is 1.13. The summed E-state index contributed by atoms with van der Waals surface area (Å²) in [5, 5.41) is 9.70. The van der Waals surface area contributed by atoms with E-state index in [9.17, 15) is 5.11 Å². The SMILES string of the molecule is Oc1cccc2ncc(Oc3ccccc3)nc12. The van der Waals surface area contributed by atoms with Crippen LogP contribution in [0.25, 0.3) is 11.0 Å². The van der Waals surface area contributed by atoms with Crippen molar-refractivity contribution in [3.63, 3.8) is 0 Å². The molecule has 18 heavy (non-hydrogen) atoms. The molecule has 1 heterocycles. The Kier molecular flexibility index (Phi) is 2.53. The van der Waals surface area contributed by atoms with Gasteiger partial charge in [-0.05, 0) is 24.3 Å². The Morgan fingerprint density at radius 1 is 0.944 bits per heavy atom. The van der Waals surface area contributed by atoms with Gasteiger partial charge in [-0.25, -0.2) is 9.97 Å². The first kappa shape index (κ1) is 10.5. The molecule has 0 saturated carbocycles. The van der Waals surface area contributed by atoms with Crippen molar-refractivity contribution in [2.45, 2.75) is 0 Å². The van der Waals surface area contributed by atoms with Gasteiger partial charge in [0, 0.05) is 0 Å². The largest absolute Gasteiger partial charge is 0.506 e. The van der Waals surface area contributed by atoms with E-state index in [0.717, 1.165) is 0 Å². The van der Waals surface area contributed by atoms with Crippen LogP contribution in [-0.2, 0) is 0 Å². The lowest BCUT2D eigenvalue weighted by molar-refractivity contribution is 0.457. The van der Waals surface area contributed by atoms with Crippen molar-refractivity contribution in [3.8, 4) is 17.4 Å². The van der Waals surface area contributed by atoms with E-state index in [2.05, 4.69) is 9.97 Å². The standard InChI is InChI=1S/C14H10N2O2/c17-12-8-4-7-11-14(12)16-13(9-15-11)18-10-5-2-1-3-6-10/h1-9,17H. The van der Waals surface area contributed by atoms with Crippen LogP contribution in [0.15, 0.2) is 54.7 Å². The molecule has 0 aliphatic rings. The van der Waals surface area contributed by atoms with Crippen molar-refractivity contribution in [2.75, 3.05) is 0 Å². The molecule has 0 aliphatic heterocycles. The van der Waals surface area contributed by atoms with Crippen LogP contribution in [0.1, 0.15) is 0 Å². The van der Waals surface area contributed by atoms with Crippen molar-refractivity contribution in [1.29, 1.82) is 0 Å². The lowest BCUT2D eigenvalue weighted by atomic mass is 10.3. The number of rotatable bonds is 2. The number of para-hydroxylation sites is 2. The molecule has 0 saturated heterocycles. The quantitative estimate of drug-likeness (QED) is 0.745. The number of phenolic OH excluding ortho intramolecular Hbond substituents is 1. The van der Waals surface area contributed by atoms with Gasteiger partial charge in [0.2, 0.25) is 5.88 Å². The Balaban J connectivity index is 2.01. The number of aromatic hydroxyl groups is 1. The molecular formula is C14H10N2O2. The number of phenols is 1. The Morgan fingerprint density at radius 3 is 2.61 bits per heavy atom. The summed E-state index contributed by atoms with van der Waals surface area (Å²) in [4.78, 5) is 8.43. The van der Waals surface area contributed by atoms with Gasteiger partial charge in [0.15, 0.2) is 0 Å². The second-order valence-electron chi connectivity index (χ2n) is 3.77. The van der Waals surface area contributed by atoms with E-state index in [-0.39, 0.29) is 5.75 Å². The van der Waals surface area contributed by atoms with Crippen LogP contribution in [0.4, 0.5) is 0 Å². The lowest BCUT2D eigenvalue weighted by Gasteiger charge is -2.05. The fourth-order valence-corrected chi connectivity index (χ4v) is 1.66. The summed E-state index contributed by atoms with van der Waals surface area (Å²) >= 11 is 0. The number of hydrogen-bond acceptors (Lipinski definition) is 4. The van der Waals surface area contributed by atoms with E-state index >= 15 is 0 Å². The Morgan fingerprint density at radius 2 is 1.78 bits per heavy atom. The van der Waals surface area contributed by atoms with Crippen LogP contribution in [0.3, 0.4) is 0 Å². The highest BCUT2D eigenvalue weighted by atomic mass is 16.5. The molecule has 0 atom stereocenters. The molecule has 4 nitrogen and oxygen atoms in total. The first-order chi connectivity index (χ1) is 8.83. The number of nitrogens with zero attached hydrogens (tertiary/aromatic N) is 2. The first-order valence-corrected chi connectivity index (χ1v) is 5.50. The maximum Gasteiger partial charge on any atom is 0.238 e. The summed E-state index contributed by atoms with van der Waals surface area (Å²) < 4.78 is 5.56. The fraction of sp³-hybridized carbons (Fsp3) is 0. The summed E-state index contributed by atoms with van der Waals surface area (Å²) in [5.41, 5.74) is 1.07. The minimum atomic E-state index is 0.0958. The molecule has 0 unspecified atom stereocenters. The molecule has 3 rings (SSSR count). The van der Waals surface area contributed by atoms with Crippen LogP contribution in [0.5, 0.6) is 17.4 Å². The predicted molar refractivity (Wildman–Crippen MR) is 67.7 cm³/mol. The highest BCUT2D eigenvalue weighted by Gasteiger charge is 2.05. The second kappa shape index (κ2) is 4.33. The molecule has 0 radical (unpaired) electrons. The summed E-state index contributed by atoms with van der Waals surface area (Å²) in [6.45, 7) is 0. The van der Waals surface area contributed by atoms with Crippen molar-refractivity contribution < 1.29 is 9.84 Å². The van der Waals surface area contributed by atoms with Crippen molar-refractivity contribution in [1.82, 2.24) is 9.97 Å². The molecule has 1 aromatic heterocycles. The topological polar surface area (TPSA) is 55.2 Å². The van der Waals surface area contributed by atoms with E-state index in [1.54, 1.807) is 18.2 Å². The summed E-state index contributed by atoms with van der Waals surface area (Å²) in [6.07, 6.45) is 1.54. The van der Waals surface area contributed by atoms with Crippen molar-refractivity contribution >= 4 is 11.0 Å². The van der Waals surface area contributed by atoms with Crippen LogP contribution in [-0.4, -0.2) is 15.1 Å². The maximum atomic E-state index is 9.70. The summed E-state index contributed by atoms with van der Waals surface area (Å²) in [7, 11) is 0. The number of hydrogen-bond donors (Lipinski definition) is 1. The van der Waals surface area contributed by atoms with Gasteiger partial charge in [-0.1, -0.05) is 24.3 Å². The molecule has 0 spiro atoms. The van der Waals surface area contributed by atoms with Gasteiger partial charge in [0.25, 0.3) is 0 Å². The lowest BCUT2D eigenvalue weighted by Crippen LogP contribution is -1.90. The fourth-order valence-electron chi connectivity index (χ4n) is 1.66. The zero-order valence-electron chi connectivity index (χ0n) is 9.45. The van der Waals surface area contributed by atoms with E-state index in [4.69, 9.17) is 4.74 Å². The molecule has 0 amide bonds. The number of benzene rings is 2. The van der Waals surface area contributed by atoms with E-state index in [0.29, 0.717) is 22.7 Å². The maximum absolute atomic E-state index is 9.70. The van der Waals surface area contributed by atoms with Gasteiger partial charge in [-0.2, -0.15) is 0 Å². The Bertz CT molecular complexity index is 684. The average Bonchev–Trinajstić information content (AvgIpc) is 2.41. The van der Waals surface area contributed by atoms with Gasteiger partial charge in [0.1, 0.15) is 17.0 Å². The third kappa shape index (κ3) is 1.96. The third-order valence-electron chi connectivity index (χ3n) is 2.50. The van der Waals surface area contributed by atoms with Crippen molar-refractivity contribution in [2.24, 2.45) is 0 Å². The predicted octanol–water partition coefficient (Wildman–Crippen LogP) is 3.13.